The first-order chi connectivity index (χ1) is 6.97. The fourth-order valence-corrected chi connectivity index (χ4v) is 13.5. The molecule has 0 bridgehead atoms. The average molecular weight is 334 g/mol. The van der Waals surface area contributed by atoms with Crippen LogP contribution in [-0.4, -0.2) is 22.2 Å². The second-order valence-electron chi connectivity index (χ2n) is 5.68. The zero-order chi connectivity index (χ0) is 13.0. The van der Waals surface area contributed by atoms with Crippen molar-refractivity contribution in [1.29, 1.82) is 0 Å². The van der Waals surface area contributed by atoms with E-state index in [4.69, 9.17) is 33.2 Å². The van der Waals surface area contributed by atoms with Crippen LogP contribution in [0.1, 0.15) is 0 Å². The zero-order valence-electron chi connectivity index (χ0n) is 10.7. The minimum Gasteiger partial charge on any atom is -0.168 e. The highest BCUT2D eigenvalue weighted by Crippen LogP contribution is 2.33. The van der Waals surface area contributed by atoms with Crippen molar-refractivity contribution in [2.24, 2.45) is 0 Å². The SMILES string of the molecule is C=C[Si](Cl)(CC[Si](C)(C)Cl)CC[Si](C)(C)Cl. The predicted molar refractivity (Wildman–Crippen MR) is 87.7 cm³/mol. The third kappa shape index (κ3) is 9.31. The van der Waals surface area contributed by atoms with Gasteiger partial charge in [0.25, 0.3) is 0 Å². The molecular weight excluding hydrogens is 311 g/mol. The largest absolute Gasteiger partial charge is 0.178 e. The molecule has 0 fully saturated rings. The van der Waals surface area contributed by atoms with Crippen LogP contribution >= 0.6 is 33.2 Å². The molecule has 0 aliphatic rings. The third-order valence-corrected chi connectivity index (χ3v) is 12.1. The molecule has 0 spiro atoms. The molecule has 0 aromatic heterocycles. The van der Waals surface area contributed by atoms with Gasteiger partial charge in [-0.25, -0.2) is 0 Å². The maximum atomic E-state index is 6.68. The molecule has 0 saturated carbocycles. The maximum absolute atomic E-state index is 6.68. The summed E-state index contributed by atoms with van der Waals surface area (Å²) in [5, 5.41) is 0. The average Bonchev–Trinajstić information content (AvgIpc) is 2.09. The molecule has 0 aliphatic heterocycles. The minimum atomic E-state index is -1.81. The Labute approximate surface area is 118 Å². The summed E-state index contributed by atoms with van der Waals surface area (Å²) in [5.41, 5.74) is 2.00. The molecule has 0 amide bonds. The van der Waals surface area contributed by atoms with E-state index in [-0.39, 0.29) is 0 Å². The molecular formula is C10H23Cl3Si3. The van der Waals surface area contributed by atoms with Crippen LogP contribution in [0.2, 0.25) is 50.4 Å². The van der Waals surface area contributed by atoms with Crippen LogP contribution in [0.5, 0.6) is 0 Å². The van der Waals surface area contributed by atoms with E-state index in [1.807, 2.05) is 5.70 Å². The Morgan fingerprint density at radius 3 is 1.31 bits per heavy atom. The van der Waals surface area contributed by atoms with E-state index < -0.39 is 22.2 Å². The van der Waals surface area contributed by atoms with Crippen LogP contribution in [0.25, 0.3) is 0 Å². The number of hydrogen-bond donors (Lipinski definition) is 0. The van der Waals surface area contributed by atoms with Gasteiger partial charge >= 0.3 is 0 Å². The van der Waals surface area contributed by atoms with Crippen LogP contribution in [-0.2, 0) is 0 Å². The van der Waals surface area contributed by atoms with Crippen molar-refractivity contribution in [2.75, 3.05) is 0 Å². The van der Waals surface area contributed by atoms with E-state index >= 15 is 0 Å². The van der Waals surface area contributed by atoms with E-state index in [0.717, 1.165) is 24.2 Å². The predicted octanol–water partition coefficient (Wildman–Crippen LogP) is 5.78. The van der Waals surface area contributed by atoms with E-state index in [9.17, 15) is 0 Å². The van der Waals surface area contributed by atoms with E-state index in [1.54, 1.807) is 0 Å². The maximum Gasteiger partial charge on any atom is 0.178 e. The molecule has 96 valence electrons. The zero-order valence-corrected chi connectivity index (χ0v) is 16.0. The molecule has 0 rings (SSSR count). The summed E-state index contributed by atoms with van der Waals surface area (Å²) in [6.45, 7) is 12.6. The quantitative estimate of drug-likeness (QED) is 0.409. The lowest BCUT2D eigenvalue weighted by atomic mass is 10.9. The number of halogens is 3. The lowest BCUT2D eigenvalue weighted by Gasteiger charge is -2.25. The van der Waals surface area contributed by atoms with Crippen LogP contribution in [0, 0.1) is 0 Å². The molecule has 0 radical (unpaired) electrons. The Morgan fingerprint density at radius 2 is 1.12 bits per heavy atom. The third-order valence-electron chi connectivity index (χ3n) is 2.64. The van der Waals surface area contributed by atoms with Crippen molar-refractivity contribution in [3.05, 3.63) is 12.3 Å². The Kier molecular flexibility index (Phi) is 6.94. The van der Waals surface area contributed by atoms with E-state index in [1.165, 1.54) is 0 Å². The summed E-state index contributed by atoms with van der Waals surface area (Å²) in [4.78, 5) is 0. The highest BCUT2D eigenvalue weighted by Gasteiger charge is 2.32. The smallest absolute Gasteiger partial charge is 0.168 e. The van der Waals surface area contributed by atoms with Crippen LogP contribution in [0.4, 0.5) is 0 Å². The molecule has 0 aromatic rings. The first-order valence-corrected chi connectivity index (χ1v) is 17.6. The van der Waals surface area contributed by atoms with Gasteiger partial charge in [0.2, 0.25) is 0 Å². The van der Waals surface area contributed by atoms with Gasteiger partial charge in [-0.05, 0) is 24.2 Å². The summed E-state index contributed by atoms with van der Waals surface area (Å²) in [5.74, 6) is 0. The Bertz CT molecular complexity index is 212. The Hall–Kier alpha value is 1.26. The summed E-state index contributed by atoms with van der Waals surface area (Å²) >= 11 is 19.4. The molecule has 0 atom stereocenters. The van der Waals surface area contributed by atoms with Crippen LogP contribution in [0.15, 0.2) is 12.3 Å². The molecule has 0 aliphatic carbocycles. The first kappa shape index (κ1) is 17.3. The number of rotatable bonds is 7. The van der Waals surface area contributed by atoms with Crippen molar-refractivity contribution in [3.8, 4) is 0 Å². The topological polar surface area (TPSA) is 0 Å². The van der Waals surface area contributed by atoms with Gasteiger partial charge in [0.05, 0.1) is 0 Å². The van der Waals surface area contributed by atoms with Gasteiger partial charge in [0.1, 0.15) is 14.8 Å². The highest BCUT2D eigenvalue weighted by atomic mass is 35.6. The monoisotopic (exact) mass is 332 g/mol. The molecule has 0 aromatic carbocycles. The summed E-state index contributed by atoms with van der Waals surface area (Å²) in [7, 11) is -4.82. The van der Waals surface area contributed by atoms with Crippen molar-refractivity contribution >= 4 is 55.4 Å². The van der Waals surface area contributed by atoms with Gasteiger partial charge < -0.3 is 0 Å². The Morgan fingerprint density at radius 1 is 0.812 bits per heavy atom. The molecule has 0 heterocycles. The van der Waals surface area contributed by atoms with Crippen molar-refractivity contribution in [1.82, 2.24) is 0 Å². The molecule has 6 heteroatoms. The molecule has 0 nitrogen and oxygen atoms in total. The fraction of sp³-hybridized carbons (Fsp3) is 0.800. The van der Waals surface area contributed by atoms with Gasteiger partial charge in [-0.3, -0.25) is 0 Å². The summed E-state index contributed by atoms with van der Waals surface area (Å²) in [6, 6.07) is 4.28. The second-order valence-corrected chi connectivity index (χ2v) is 25.4. The van der Waals surface area contributed by atoms with Gasteiger partial charge in [-0.15, -0.1) is 6.58 Å². The second kappa shape index (κ2) is 6.43. The minimum absolute atomic E-state index is 1.06. The van der Waals surface area contributed by atoms with Crippen LogP contribution in [0.3, 0.4) is 0 Å². The lowest BCUT2D eigenvalue weighted by Crippen LogP contribution is -2.31. The normalized spacial score (nSPS) is 13.9. The number of hydrogen-bond acceptors (Lipinski definition) is 0. The van der Waals surface area contributed by atoms with E-state index in [0.29, 0.717) is 0 Å². The molecule has 0 unspecified atom stereocenters. The standard InChI is InChI=1S/C10H23Cl3Si3/c1-6-16(13,9-7-14(2,3)11)10-8-15(4,5)12/h6H,1,7-10H2,2-5H3. The van der Waals surface area contributed by atoms with E-state index in [2.05, 4.69) is 32.8 Å². The van der Waals surface area contributed by atoms with Crippen molar-refractivity contribution in [2.45, 2.75) is 50.4 Å². The lowest BCUT2D eigenvalue weighted by molar-refractivity contribution is 1.25. The van der Waals surface area contributed by atoms with Crippen molar-refractivity contribution in [3.63, 3.8) is 0 Å². The van der Waals surface area contributed by atoms with Gasteiger partial charge in [0.15, 0.2) is 7.38 Å². The van der Waals surface area contributed by atoms with Gasteiger partial charge in [0, 0.05) is 0 Å². The molecule has 0 N–H and O–H groups in total. The summed E-state index contributed by atoms with van der Waals surface area (Å²) in [6.07, 6.45) is 0. The van der Waals surface area contributed by atoms with Crippen LogP contribution < -0.4 is 0 Å². The fourth-order valence-electron chi connectivity index (χ4n) is 1.34. The van der Waals surface area contributed by atoms with Gasteiger partial charge in [-0.1, -0.05) is 31.9 Å². The first-order valence-electron chi connectivity index (χ1n) is 5.68. The molecule has 0 saturated heterocycles. The van der Waals surface area contributed by atoms with Gasteiger partial charge in [-0.2, -0.15) is 33.2 Å². The summed E-state index contributed by atoms with van der Waals surface area (Å²) < 4.78 is 0. The Balaban J connectivity index is 4.27. The van der Waals surface area contributed by atoms with Crippen molar-refractivity contribution < 1.29 is 0 Å². The molecule has 16 heavy (non-hydrogen) atoms. The highest BCUT2D eigenvalue weighted by molar-refractivity contribution is 7.26.